The maximum Gasteiger partial charge on any atom is 0.230 e. The van der Waals surface area contributed by atoms with Crippen molar-refractivity contribution in [2.45, 2.75) is 26.7 Å². The molecule has 7 heteroatoms. The molecule has 1 aromatic rings. The van der Waals surface area contributed by atoms with Gasteiger partial charge in [0.15, 0.2) is 0 Å². The van der Waals surface area contributed by atoms with Crippen LogP contribution in [0.3, 0.4) is 0 Å². The Kier molecular flexibility index (Phi) is 9.71. The van der Waals surface area contributed by atoms with Crippen LogP contribution >= 0.6 is 27.7 Å². The summed E-state index contributed by atoms with van der Waals surface area (Å²) in [4.78, 5) is 34.9. The normalized spacial score (nSPS) is 11.6. The summed E-state index contributed by atoms with van der Waals surface area (Å²) in [5.41, 5.74) is 1.13. The predicted octanol–water partition coefficient (Wildman–Crippen LogP) is 2.53. The zero-order chi connectivity index (χ0) is 17.9. The summed E-state index contributed by atoms with van der Waals surface area (Å²) in [5.74, 6) is -0.355. The maximum absolute atomic E-state index is 11.7. The first kappa shape index (κ1) is 20.7. The van der Waals surface area contributed by atoms with Gasteiger partial charge in [0, 0.05) is 16.9 Å². The summed E-state index contributed by atoms with van der Waals surface area (Å²) in [5, 5.41) is 5.15. The molecule has 1 aromatic carbocycles. The fraction of sp³-hybridized carbons (Fsp3) is 0.471. The van der Waals surface area contributed by atoms with Gasteiger partial charge >= 0.3 is 0 Å². The SMILES string of the molecule is CC[C@H](C)C(=O)NCC(=O)SCC(=O)NCCc1ccc(Br)cc1. The van der Waals surface area contributed by atoms with Crippen LogP contribution < -0.4 is 10.6 Å². The van der Waals surface area contributed by atoms with Crippen molar-refractivity contribution in [1.29, 1.82) is 0 Å². The molecule has 2 N–H and O–H groups in total. The van der Waals surface area contributed by atoms with E-state index in [2.05, 4.69) is 26.6 Å². The quantitative estimate of drug-likeness (QED) is 0.650. The number of carbonyl (C=O) groups is 3. The lowest BCUT2D eigenvalue weighted by Gasteiger charge is -2.09. The van der Waals surface area contributed by atoms with Crippen LogP contribution in [0.15, 0.2) is 28.7 Å². The zero-order valence-electron chi connectivity index (χ0n) is 13.9. The van der Waals surface area contributed by atoms with E-state index in [1.807, 2.05) is 38.1 Å². The lowest BCUT2D eigenvalue weighted by Crippen LogP contribution is -2.33. The van der Waals surface area contributed by atoms with Gasteiger partial charge in [0.05, 0.1) is 12.3 Å². The van der Waals surface area contributed by atoms with Crippen LogP contribution in [-0.2, 0) is 20.8 Å². The van der Waals surface area contributed by atoms with Gasteiger partial charge in [-0.15, -0.1) is 0 Å². The van der Waals surface area contributed by atoms with Crippen LogP contribution in [0.1, 0.15) is 25.8 Å². The number of amides is 2. The van der Waals surface area contributed by atoms with Crippen molar-refractivity contribution in [2.75, 3.05) is 18.8 Å². The first-order chi connectivity index (χ1) is 11.4. The van der Waals surface area contributed by atoms with Gasteiger partial charge in [0.2, 0.25) is 16.9 Å². The number of hydrogen-bond acceptors (Lipinski definition) is 4. The molecule has 0 bridgehead atoms. The number of halogens is 1. The highest BCUT2D eigenvalue weighted by Gasteiger charge is 2.13. The van der Waals surface area contributed by atoms with Gasteiger partial charge < -0.3 is 10.6 Å². The van der Waals surface area contributed by atoms with Crippen molar-refractivity contribution >= 4 is 44.6 Å². The van der Waals surface area contributed by atoms with Gasteiger partial charge in [-0.1, -0.05) is 53.7 Å². The molecule has 0 unspecified atom stereocenters. The van der Waals surface area contributed by atoms with Crippen molar-refractivity contribution < 1.29 is 14.4 Å². The second-order valence-corrected chi connectivity index (χ2v) is 7.36. The highest BCUT2D eigenvalue weighted by atomic mass is 79.9. The first-order valence-electron chi connectivity index (χ1n) is 7.86. The molecule has 0 aliphatic heterocycles. The highest BCUT2D eigenvalue weighted by Crippen LogP contribution is 2.10. The third-order valence-corrected chi connectivity index (χ3v) is 4.88. The zero-order valence-corrected chi connectivity index (χ0v) is 16.3. The molecule has 0 fully saturated rings. The largest absolute Gasteiger partial charge is 0.355 e. The van der Waals surface area contributed by atoms with Crippen LogP contribution in [0, 0.1) is 5.92 Å². The number of rotatable bonds is 9. The molecule has 0 aliphatic carbocycles. The Morgan fingerprint density at radius 2 is 1.83 bits per heavy atom. The summed E-state index contributed by atoms with van der Waals surface area (Å²) >= 11 is 4.30. The van der Waals surface area contributed by atoms with E-state index in [0.29, 0.717) is 6.54 Å². The summed E-state index contributed by atoms with van der Waals surface area (Å²) < 4.78 is 1.02. The molecule has 5 nitrogen and oxygen atoms in total. The third kappa shape index (κ3) is 8.49. The highest BCUT2D eigenvalue weighted by molar-refractivity contribution is 9.10. The maximum atomic E-state index is 11.7. The summed E-state index contributed by atoms with van der Waals surface area (Å²) in [6.45, 7) is 4.21. The summed E-state index contributed by atoms with van der Waals surface area (Å²) in [6, 6.07) is 7.90. The molecule has 0 heterocycles. The van der Waals surface area contributed by atoms with Crippen LogP contribution in [0.2, 0.25) is 0 Å². The molecule has 132 valence electrons. The average Bonchev–Trinajstić information content (AvgIpc) is 2.58. The molecule has 0 radical (unpaired) electrons. The lowest BCUT2D eigenvalue weighted by molar-refractivity contribution is -0.126. The molecule has 2 amide bonds. The van der Waals surface area contributed by atoms with Gasteiger partial charge in [-0.05, 0) is 30.5 Å². The molecular formula is C17H23BrN2O3S. The molecule has 1 atom stereocenters. The van der Waals surface area contributed by atoms with Gasteiger partial charge in [0.1, 0.15) is 0 Å². The molecule has 0 aliphatic rings. The Hall–Kier alpha value is -1.34. The second-order valence-electron chi connectivity index (χ2n) is 5.41. The van der Waals surface area contributed by atoms with Crippen molar-refractivity contribution in [3.63, 3.8) is 0 Å². The number of thioether (sulfide) groups is 1. The van der Waals surface area contributed by atoms with Crippen molar-refractivity contribution in [2.24, 2.45) is 5.92 Å². The van der Waals surface area contributed by atoms with E-state index in [-0.39, 0.29) is 35.1 Å². The van der Waals surface area contributed by atoms with Gasteiger partial charge in [-0.2, -0.15) is 0 Å². The number of hydrogen-bond donors (Lipinski definition) is 2. The van der Waals surface area contributed by atoms with E-state index in [4.69, 9.17) is 0 Å². The Morgan fingerprint density at radius 3 is 2.46 bits per heavy atom. The van der Waals surface area contributed by atoms with Gasteiger partial charge in [-0.3, -0.25) is 14.4 Å². The van der Waals surface area contributed by atoms with Crippen molar-refractivity contribution in [3.8, 4) is 0 Å². The van der Waals surface area contributed by atoms with Gasteiger partial charge in [0.25, 0.3) is 0 Å². The number of benzene rings is 1. The van der Waals surface area contributed by atoms with E-state index in [0.717, 1.165) is 34.6 Å². The van der Waals surface area contributed by atoms with E-state index < -0.39 is 0 Å². The van der Waals surface area contributed by atoms with Gasteiger partial charge in [-0.25, -0.2) is 0 Å². The number of nitrogens with one attached hydrogen (secondary N) is 2. The lowest BCUT2D eigenvalue weighted by atomic mass is 10.1. The van der Waals surface area contributed by atoms with E-state index >= 15 is 0 Å². The van der Waals surface area contributed by atoms with E-state index in [1.165, 1.54) is 0 Å². The topological polar surface area (TPSA) is 75.3 Å². The smallest absolute Gasteiger partial charge is 0.230 e. The predicted molar refractivity (Wildman–Crippen MR) is 101 cm³/mol. The standard InChI is InChI=1S/C17H23BrN2O3S/c1-3-12(2)17(23)20-10-16(22)24-11-15(21)19-9-8-13-4-6-14(18)7-5-13/h4-7,12H,3,8-11H2,1-2H3,(H,19,21)(H,20,23)/t12-/m0/s1. The van der Waals surface area contributed by atoms with E-state index in [1.54, 1.807) is 0 Å². The first-order valence-corrected chi connectivity index (χ1v) is 9.64. The Bertz CT molecular complexity index is 563. The Balaban J connectivity index is 2.15. The fourth-order valence-electron chi connectivity index (χ4n) is 1.76. The summed E-state index contributed by atoms with van der Waals surface area (Å²) in [7, 11) is 0. The Morgan fingerprint density at radius 1 is 1.17 bits per heavy atom. The third-order valence-electron chi connectivity index (χ3n) is 3.48. The minimum absolute atomic E-state index is 0.0417. The molecule has 1 rings (SSSR count). The Labute approximate surface area is 155 Å². The van der Waals surface area contributed by atoms with Crippen LogP contribution in [0.4, 0.5) is 0 Å². The molecule has 0 aromatic heterocycles. The number of carbonyl (C=O) groups excluding carboxylic acids is 3. The fourth-order valence-corrected chi connectivity index (χ4v) is 2.60. The van der Waals surface area contributed by atoms with Crippen LogP contribution in [0.5, 0.6) is 0 Å². The van der Waals surface area contributed by atoms with Crippen molar-refractivity contribution in [1.82, 2.24) is 10.6 Å². The monoisotopic (exact) mass is 414 g/mol. The molecule has 0 saturated carbocycles. The second kappa shape index (κ2) is 11.3. The van der Waals surface area contributed by atoms with Crippen molar-refractivity contribution in [3.05, 3.63) is 34.3 Å². The minimum Gasteiger partial charge on any atom is -0.355 e. The molecular weight excluding hydrogens is 392 g/mol. The molecule has 0 spiro atoms. The van der Waals surface area contributed by atoms with E-state index in [9.17, 15) is 14.4 Å². The molecule has 24 heavy (non-hydrogen) atoms. The van der Waals surface area contributed by atoms with Crippen LogP contribution in [0.25, 0.3) is 0 Å². The minimum atomic E-state index is -0.213. The summed E-state index contributed by atoms with van der Waals surface area (Å²) in [6.07, 6.45) is 1.47. The average molecular weight is 415 g/mol. The van der Waals surface area contributed by atoms with Crippen LogP contribution in [-0.4, -0.2) is 35.8 Å². The molecule has 0 saturated heterocycles.